The van der Waals surface area contributed by atoms with E-state index in [1.807, 2.05) is 20.0 Å². The van der Waals surface area contributed by atoms with E-state index in [2.05, 4.69) is 5.32 Å². The Labute approximate surface area is 121 Å². The summed E-state index contributed by atoms with van der Waals surface area (Å²) in [5.74, 6) is -0.317. The molecular weight excluding hydrogens is 275 g/mol. The van der Waals surface area contributed by atoms with Crippen LogP contribution in [-0.4, -0.2) is 12.0 Å². The Hall–Kier alpha value is -2.47. The van der Waals surface area contributed by atoms with E-state index < -0.39 is 10.7 Å². The molecule has 0 heterocycles. The van der Waals surface area contributed by atoms with Gasteiger partial charge >= 0.3 is 0 Å². The van der Waals surface area contributed by atoms with Crippen LogP contribution in [0.15, 0.2) is 36.4 Å². The lowest BCUT2D eigenvalue weighted by Gasteiger charge is -2.10. The summed E-state index contributed by atoms with van der Waals surface area (Å²) in [5, 5.41) is 13.6. The summed E-state index contributed by atoms with van der Waals surface area (Å²) in [6, 6.07) is 8.74. The Morgan fingerprint density at radius 2 is 2.05 bits per heavy atom. The van der Waals surface area contributed by atoms with Crippen molar-refractivity contribution in [1.82, 2.24) is 5.32 Å². The Morgan fingerprint density at radius 3 is 2.62 bits per heavy atom. The maximum absolute atomic E-state index is 13.8. The van der Waals surface area contributed by atoms with Crippen molar-refractivity contribution in [1.29, 1.82) is 0 Å². The zero-order valence-corrected chi connectivity index (χ0v) is 11.7. The lowest BCUT2D eigenvalue weighted by molar-refractivity contribution is -0.385. The maximum atomic E-state index is 13.8. The second-order valence-electron chi connectivity index (χ2n) is 4.59. The summed E-state index contributed by atoms with van der Waals surface area (Å²) < 4.78 is 19.2. The second-order valence-corrected chi connectivity index (χ2v) is 4.59. The maximum Gasteiger partial charge on any atom is 0.272 e. The summed E-state index contributed by atoms with van der Waals surface area (Å²) in [4.78, 5) is 9.91. The molecule has 0 amide bonds. The fraction of sp³-hybridized carbons (Fsp3) is 0.200. The molecule has 5 nitrogen and oxygen atoms in total. The number of non-ortho nitro benzene ring substituents is 1. The summed E-state index contributed by atoms with van der Waals surface area (Å²) in [6.45, 7) is 2.67. The molecule has 0 saturated heterocycles. The molecule has 0 spiro atoms. The molecule has 2 aromatic carbocycles. The highest BCUT2D eigenvalue weighted by Crippen LogP contribution is 2.28. The molecular formula is C15H15FN2O3. The van der Waals surface area contributed by atoms with E-state index in [1.54, 1.807) is 12.1 Å². The predicted octanol–water partition coefficient (Wildman–Crippen LogP) is 3.55. The first-order chi connectivity index (χ1) is 10.0. The molecule has 1 N–H and O–H groups in total. The van der Waals surface area contributed by atoms with Crippen LogP contribution in [0.4, 0.5) is 10.1 Å². The van der Waals surface area contributed by atoms with Crippen LogP contribution >= 0.6 is 0 Å². The molecule has 6 heteroatoms. The van der Waals surface area contributed by atoms with E-state index in [-0.39, 0.29) is 11.4 Å². The second kappa shape index (κ2) is 6.32. The standard InChI is InChI=1S/C15H15FN2O3/c1-10-7-13(5-3-11(10)9-17-2)21-15-6-4-12(18(19)20)8-14(15)16/h3-8,17H,9H2,1-2H3. The number of hydrogen-bond donors (Lipinski definition) is 1. The van der Waals surface area contributed by atoms with Crippen LogP contribution in [0.2, 0.25) is 0 Å². The molecule has 0 bridgehead atoms. The molecule has 0 unspecified atom stereocenters. The van der Waals surface area contributed by atoms with Crippen LogP contribution < -0.4 is 10.1 Å². The van der Waals surface area contributed by atoms with Crippen molar-refractivity contribution in [2.75, 3.05) is 7.05 Å². The van der Waals surface area contributed by atoms with Gasteiger partial charge in [-0.15, -0.1) is 0 Å². The van der Waals surface area contributed by atoms with Gasteiger partial charge < -0.3 is 10.1 Å². The molecule has 0 aliphatic carbocycles. The minimum absolute atomic E-state index is 0.0404. The summed E-state index contributed by atoms with van der Waals surface area (Å²) in [6.07, 6.45) is 0. The molecule has 110 valence electrons. The van der Waals surface area contributed by atoms with Gasteiger partial charge in [-0.25, -0.2) is 4.39 Å². The molecule has 0 aliphatic rings. The number of ether oxygens (including phenoxy) is 1. The number of nitrogens with zero attached hydrogens (tertiary/aromatic N) is 1. The normalized spacial score (nSPS) is 10.4. The Kier molecular flexibility index (Phi) is 4.49. The fourth-order valence-corrected chi connectivity index (χ4v) is 1.93. The first kappa shape index (κ1) is 14.9. The van der Waals surface area contributed by atoms with Gasteiger partial charge in [-0.3, -0.25) is 10.1 Å². The van der Waals surface area contributed by atoms with Gasteiger partial charge in [-0.05, 0) is 43.3 Å². The number of nitro benzene ring substituents is 1. The van der Waals surface area contributed by atoms with Crippen molar-refractivity contribution >= 4 is 5.69 Å². The number of rotatable bonds is 5. The molecule has 0 radical (unpaired) electrons. The van der Waals surface area contributed by atoms with E-state index >= 15 is 0 Å². The van der Waals surface area contributed by atoms with Crippen LogP contribution in [0.5, 0.6) is 11.5 Å². The van der Waals surface area contributed by atoms with Gasteiger partial charge in [-0.1, -0.05) is 6.07 Å². The average Bonchev–Trinajstić information content (AvgIpc) is 2.44. The van der Waals surface area contributed by atoms with Crippen molar-refractivity contribution in [3.63, 3.8) is 0 Å². The summed E-state index contributed by atoms with van der Waals surface area (Å²) >= 11 is 0. The Bertz CT molecular complexity index is 674. The zero-order valence-electron chi connectivity index (χ0n) is 11.7. The predicted molar refractivity (Wildman–Crippen MR) is 77.1 cm³/mol. The highest BCUT2D eigenvalue weighted by Gasteiger charge is 2.12. The summed E-state index contributed by atoms with van der Waals surface area (Å²) in [7, 11) is 1.86. The van der Waals surface area contributed by atoms with Crippen molar-refractivity contribution in [2.24, 2.45) is 0 Å². The van der Waals surface area contributed by atoms with Crippen LogP contribution in [0.1, 0.15) is 11.1 Å². The lowest BCUT2D eigenvalue weighted by atomic mass is 10.1. The van der Waals surface area contributed by atoms with Gasteiger partial charge in [0, 0.05) is 12.6 Å². The topological polar surface area (TPSA) is 64.4 Å². The Morgan fingerprint density at radius 1 is 1.29 bits per heavy atom. The third kappa shape index (κ3) is 3.55. The number of nitrogens with one attached hydrogen (secondary N) is 1. The van der Waals surface area contributed by atoms with E-state index in [0.717, 1.165) is 23.7 Å². The monoisotopic (exact) mass is 290 g/mol. The number of hydrogen-bond acceptors (Lipinski definition) is 4. The molecule has 0 fully saturated rings. The zero-order chi connectivity index (χ0) is 15.4. The lowest BCUT2D eigenvalue weighted by Crippen LogP contribution is -2.06. The van der Waals surface area contributed by atoms with Crippen LogP contribution in [0.25, 0.3) is 0 Å². The first-order valence-electron chi connectivity index (χ1n) is 6.37. The van der Waals surface area contributed by atoms with Crippen molar-refractivity contribution < 1.29 is 14.1 Å². The molecule has 0 atom stereocenters. The number of halogens is 1. The highest BCUT2D eigenvalue weighted by atomic mass is 19.1. The molecule has 2 rings (SSSR count). The number of aryl methyl sites for hydroxylation is 1. The van der Waals surface area contributed by atoms with Crippen molar-refractivity contribution in [3.8, 4) is 11.5 Å². The van der Waals surface area contributed by atoms with E-state index in [4.69, 9.17) is 4.74 Å². The van der Waals surface area contributed by atoms with Gasteiger partial charge in [-0.2, -0.15) is 0 Å². The average molecular weight is 290 g/mol. The minimum atomic E-state index is -0.763. The number of nitro groups is 1. The minimum Gasteiger partial charge on any atom is -0.454 e. The molecule has 0 aliphatic heterocycles. The molecule has 0 aromatic heterocycles. The van der Waals surface area contributed by atoms with Crippen LogP contribution in [0.3, 0.4) is 0 Å². The van der Waals surface area contributed by atoms with Gasteiger partial charge in [0.1, 0.15) is 5.75 Å². The molecule has 21 heavy (non-hydrogen) atoms. The molecule has 2 aromatic rings. The first-order valence-corrected chi connectivity index (χ1v) is 6.37. The van der Waals surface area contributed by atoms with Gasteiger partial charge in [0.15, 0.2) is 11.6 Å². The van der Waals surface area contributed by atoms with E-state index in [9.17, 15) is 14.5 Å². The Balaban J connectivity index is 2.22. The van der Waals surface area contributed by atoms with Gasteiger partial charge in [0.05, 0.1) is 11.0 Å². The van der Waals surface area contributed by atoms with Crippen LogP contribution in [-0.2, 0) is 6.54 Å². The smallest absolute Gasteiger partial charge is 0.272 e. The fourth-order valence-electron chi connectivity index (χ4n) is 1.93. The van der Waals surface area contributed by atoms with Crippen molar-refractivity contribution in [2.45, 2.75) is 13.5 Å². The largest absolute Gasteiger partial charge is 0.454 e. The third-order valence-electron chi connectivity index (χ3n) is 3.04. The van der Waals surface area contributed by atoms with Crippen LogP contribution in [0, 0.1) is 22.9 Å². The third-order valence-corrected chi connectivity index (χ3v) is 3.04. The molecule has 0 saturated carbocycles. The van der Waals surface area contributed by atoms with E-state index in [0.29, 0.717) is 5.75 Å². The number of benzene rings is 2. The van der Waals surface area contributed by atoms with Crippen molar-refractivity contribution in [3.05, 3.63) is 63.5 Å². The van der Waals surface area contributed by atoms with Gasteiger partial charge in [0.25, 0.3) is 5.69 Å². The highest BCUT2D eigenvalue weighted by molar-refractivity contribution is 5.42. The van der Waals surface area contributed by atoms with Gasteiger partial charge in [0.2, 0.25) is 0 Å². The quantitative estimate of drug-likeness (QED) is 0.675. The summed E-state index contributed by atoms with van der Waals surface area (Å²) in [5.41, 5.74) is 1.83. The van der Waals surface area contributed by atoms with E-state index in [1.165, 1.54) is 12.1 Å². The SMILES string of the molecule is CNCc1ccc(Oc2ccc([N+](=O)[O-])cc2F)cc1C.